The molecule has 1 aliphatic heterocycles. The zero-order chi connectivity index (χ0) is 11.8. The largest absolute Gasteiger partial charge is 0.342 e. The van der Waals surface area contributed by atoms with Gasteiger partial charge in [-0.25, -0.2) is 4.79 Å². The molecule has 1 amide bonds. The van der Waals surface area contributed by atoms with Gasteiger partial charge in [-0.1, -0.05) is 0 Å². The highest BCUT2D eigenvalue weighted by atomic mass is 32.2. The second-order valence-electron chi connectivity index (χ2n) is 4.73. The molecular formula is C11H16N4OS. The molecule has 2 aliphatic rings. The topological polar surface area (TPSA) is 59.0 Å². The van der Waals surface area contributed by atoms with Crippen LogP contribution < -0.4 is 10.6 Å². The molecule has 1 aliphatic carbocycles. The Labute approximate surface area is 104 Å². The highest BCUT2D eigenvalue weighted by molar-refractivity contribution is 7.98. The van der Waals surface area contributed by atoms with Crippen molar-refractivity contribution >= 4 is 17.8 Å². The predicted molar refractivity (Wildman–Crippen MR) is 66.2 cm³/mol. The van der Waals surface area contributed by atoms with Crippen molar-refractivity contribution in [1.29, 1.82) is 0 Å². The summed E-state index contributed by atoms with van der Waals surface area (Å²) in [4.78, 5) is 13.0. The number of nitrogens with zero attached hydrogens (tertiary/aromatic N) is 2. The predicted octanol–water partition coefficient (Wildman–Crippen LogP) is 0.913. The Morgan fingerprint density at radius 3 is 3.12 bits per heavy atom. The van der Waals surface area contributed by atoms with E-state index in [9.17, 15) is 4.79 Å². The molecule has 17 heavy (non-hydrogen) atoms. The summed E-state index contributed by atoms with van der Waals surface area (Å²) in [6.07, 6.45) is 7.74. The van der Waals surface area contributed by atoms with Crippen LogP contribution in [0.2, 0.25) is 0 Å². The van der Waals surface area contributed by atoms with E-state index < -0.39 is 0 Å². The second-order valence-corrected chi connectivity index (χ2v) is 5.61. The number of fused-ring (bicyclic) bond motifs is 2. The van der Waals surface area contributed by atoms with Crippen LogP contribution in [-0.2, 0) is 0 Å². The number of carbonyl (C=O) groups is 1. The molecule has 0 radical (unpaired) electrons. The maximum Gasteiger partial charge on any atom is 0.342 e. The summed E-state index contributed by atoms with van der Waals surface area (Å²) in [5.41, 5.74) is 0. The Kier molecular flexibility index (Phi) is 2.84. The maximum atomic E-state index is 12.0. The molecule has 5 nitrogen and oxygen atoms in total. The minimum Gasteiger partial charge on any atom is -0.332 e. The third-order valence-electron chi connectivity index (χ3n) is 3.64. The van der Waals surface area contributed by atoms with Crippen molar-refractivity contribution in [2.45, 2.75) is 29.8 Å². The van der Waals surface area contributed by atoms with E-state index in [4.69, 9.17) is 0 Å². The molecule has 6 heteroatoms. The van der Waals surface area contributed by atoms with Gasteiger partial charge in [0.25, 0.3) is 0 Å². The van der Waals surface area contributed by atoms with Crippen LogP contribution >= 0.6 is 11.8 Å². The molecule has 2 N–H and O–H groups in total. The Hall–Kier alpha value is -1.01. The fourth-order valence-corrected chi connectivity index (χ4v) is 3.12. The van der Waals surface area contributed by atoms with Crippen LogP contribution in [0.1, 0.15) is 12.8 Å². The van der Waals surface area contributed by atoms with Crippen molar-refractivity contribution < 1.29 is 4.79 Å². The molecular weight excluding hydrogens is 236 g/mol. The lowest BCUT2D eigenvalue weighted by Gasteiger charge is -2.23. The quantitative estimate of drug-likeness (QED) is 0.768. The molecule has 1 saturated heterocycles. The molecule has 1 saturated carbocycles. The monoisotopic (exact) mass is 252 g/mol. The molecule has 2 bridgehead atoms. The summed E-state index contributed by atoms with van der Waals surface area (Å²) < 4.78 is 1.39. The number of hydrogen-bond donors (Lipinski definition) is 2. The summed E-state index contributed by atoms with van der Waals surface area (Å²) in [7, 11) is 0. The van der Waals surface area contributed by atoms with E-state index in [2.05, 4.69) is 15.7 Å². The summed E-state index contributed by atoms with van der Waals surface area (Å²) in [5, 5.41) is 10.5. The molecule has 3 atom stereocenters. The molecule has 3 unspecified atom stereocenters. The lowest BCUT2D eigenvalue weighted by Crippen LogP contribution is -2.49. The fourth-order valence-electron chi connectivity index (χ4n) is 2.76. The molecule has 1 aromatic rings. The van der Waals surface area contributed by atoms with Crippen LogP contribution in [0.4, 0.5) is 4.79 Å². The van der Waals surface area contributed by atoms with Gasteiger partial charge in [0.1, 0.15) is 0 Å². The van der Waals surface area contributed by atoms with Crippen molar-refractivity contribution in [2.24, 2.45) is 5.92 Å². The average molecular weight is 252 g/mol. The average Bonchev–Trinajstić information content (AvgIpc) is 3.04. The Morgan fingerprint density at radius 2 is 2.53 bits per heavy atom. The van der Waals surface area contributed by atoms with Crippen molar-refractivity contribution in [3.05, 3.63) is 12.4 Å². The van der Waals surface area contributed by atoms with Gasteiger partial charge < -0.3 is 10.6 Å². The van der Waals surface area contributed by atoms with Gasteiger partial charge in [-0.2, -0.15) is 9.78 Å². The van der Waals surface area contributed by atoms with Crippen LogP contribution in [0, 0.1) is 5.92 Å². The van der Waals surface area contributed by atoms with E-state index in [1.807, 2.05) is 6.26 Å². The smallest absolute Gasteiger partial charge is 0.332 e. The standard InChI is InChI=1S/C11H16N4OS/c1-17-8-5-13-15(6-8)11(16)14-10-3-7-2-9(10)12-4-7/h5-7,9-10,12H,2-4H2,1H3,(H,14,16). The van der Waals surface area contributed by atoms with Gasteiger partial charge in [0.05, 0.1) is 6.20 Å². The van der Waals surface area contributed by atoms with Crippen molar-refractivity contribution in [2.75, 3.05) is 12.8 Å². The molecule has 3 rings (SSSR count). The van der Waals surface area contributed by atoms with Gasteiger partial charge >= 0.3 is 6.03 Å². The van der Waals surface area contributed by atoms with Crippen molar-refractivity contribution in [3.63, 3.8) is 0 Å². The first-order chi connectivity index (χ1) is 8.26. The Bertz CT molecular complexity index is 433. The molecule has 0 aromatic carbocycles. The van der Waals surface area contributed by atoms with Gasteiger partial charge in [0.2, 0.25) is 0 Å². The van der Waals surface area contributed by atoms with Crippen LogP contribution in [0.5, 0.6) is 0 Å². The second kappa shape index (κ2) is 4.34. The number of rotatable bonds is 2. The van der Waals surface area contributed by atoms with Gasteiger partial charge in [0, 0.05) is 23.2 Å². The van der Waals surface area contributed by atoms with Crippen molar-refractivity contribution in [1.82, 2.24) is 20.4 Å². The van der Waals surface area contributed by atoms with E-state index in [1.54, 1.807) is 24.2 Å². The van der Waals surface area contributed by atoms with E-state index in [0.717, 1.165) is 23.8 Å². The molecule has 2 heterocycles. The summed E-state index contributed by atoms with van der Waals surface area (Å²) in [6, 6.07) is 0.604. The van der Waals surface area contributed by atoms with Gasteiger partial charge in [-0.3, -0.25) is 0 Å². The lowest BCUT2D eigenvalue weighted by atomic mass is 10.1. The van der Waals surface area contributed by atoms with E-state index in [-0.39, 0.29) is 12.1 Å². The Balaban J connectivity index is 1.63. The first kappa shape index (κ1) is 11.1. The van der Waals surface area contributed by atoms with Gasteiger partial charge in [-0.15, -0.1) is 11.8 Å². The number of carbonyl (C=O) groups excluding carboxylic acids is 1. The molecule has 92 valence electrons. The number of thioether (sulfide) groups is 1. The zero-order valence-electron chi connectivity index (χ0n) is 9.72. The van der Waals surface area contributed by atoms with E-state index in [1.165, 1.54) is 11.1 Å². The van der Waals surface area contributed by atoms with E-state index in [0.29, 0.717) is 6.04 Å². The zero-order valence-corrected chi connectivity index (χ0v) is 10.5. The first-order valence-corrected chi connectivity index (χ1v) is 7.11. The van der Waals surface area contributed by atoms with Gasteiger partial charge in [-0.05, 0) is 31.6 Å². The summed E-state index contributed by atoms with van der Waals surface area (Å²) in [6.45, 7) is 1.11. The van der Waals surface area contributed by atoms with Crippen molar-refractivity contribution in [3.8, 4) is 0 Å². The number of nitrogens with one attached hydrogen (secondary N) is 2. The maximum absolute atomic E-state index is 12.0. The van der Waals surface area contributed by atoms with Crippen LogP contribution in [-0.4, -0.2) is 40.7 Å². The first-order valence-electron chi connectivity index (χ1n) is 5.89. The van der Waals surface area contributed by atoms with Crippen LogP contribution in [0.3, 0.4) is 0 Å². The highest BCUT2D eigenvalue weighted by Gasteiger charge is 2.40. The Morgan fingerprint density at radius 1 is 1.65 bits per heavy atom. The lowest BCUT2D eigenvalue weighted by molar-refractivity contribution is 0.231. The number of hydrogen-bond acceptors (Lipinski definition) is 4. The number of piperidine rings is 1. The van der Waals surface area contributed by atoms with Crippen LogP contribution in [0.25, 0.3) is 0 Å². The SMILES string of the molecule is CSc1cnn(C(=O)NC2CC3CNC2C3)c1. The summed E-state index contributed by atoms with van der Waals surface area (Å²) in [5.74, 6) is 0.740. The third kappa shape index (κ3) is 2.07. The number of amides is 1. The highest BCUT2D eigenvalue weighted by Crippen LogP contribution is 2.31. The molecule has 0 spiro atoms. The summed E-state index contributed by atoms with van der Waals surface area (Å²) >= 11 is 1.59. The van der Waals surface area contributed by atoms with Crippen LogP contribution in [0.15, 0.2) is 17.3 Å². The fraction of sp³-hybridized carbons (Fsp3) is 0.636. The minimum atomic E-state index is -0.121. The molecule has 1 aromatic heterocycles. The normalized spacial score (nSPS) is 30.8. The van der Waals surface area contributed by atoms with Gasteiger partial charge in [0.15, 0.2) is 0 Å². The molecule has 2 fully saturated rings. The van der Waals surface area contributed by atoms with E-state index >= 15 is 0 Å². The third-order valence-corrected chi connectivity index (χ3v) is 4.32. The minimum absolute atomic E-state index is 0.121. The number of aromatic nitrogens is 2.